The number of hydrogen-bond donors (Lipinski definition) is 1. The zero-order chi connectivity index (χ0) is 10.4. The van der Waals surface area contributed by atoms with E-state index in [4.69, 9.17) is 14.6 Å². The van der Waals surface area contributed by atoms with Crippen molar-refractivity contribution in [3.63, 3.8) is 0 Å². The molecule has 0 aliphatic rings. The van der Waals surface area contributed by atoms with Crippen LogP contribution in [0.3, 0.4) is 0 Å². The maximum Gasteiger partial charge on any atom is 0.161 e. The number of aliphatic hydroxyl groups is 1. The molecule has 0 unspecified atom stereocenters. The number of aliphatic hydroxyl groups excluding tert-OH is 1. The molecule has 14 heavy (non-hydrogen) atoms. The molecule has 0 spiro atoms. The number of rotatable bonds is 4. The quantitative estimate of drug-likeness (QED) is 0.793. The van der Waals surface area contributed by atoms with Crippen LogP contribution >= 0.6 is 0 Å². The molecule has 0 aliphatic heterocycles. The first-order valence-electron chi connectivity index (χ1n) is 4.31. The Bertz CT molecular complexity index is 318. The molecule has 0 atom stereocenters. The Morgan fingerprint density at radius 2 is 1.93 bits per heavy atom. The Hall–Kier alpha value is -1.48. The first-order valence-corrected chi connectivity index (χ1v) is 4.31. The van der Waals surface area contributed by atoms with Gasteiger partial charge in [0.05, 0.1) is 20.8 Å². The SMILES string of the molecule is COc1ccc(/C=C\CO)cc1OC. The van der Waals surface area contributed by atoms with E-state index in [2.05, 4.69) is 0 Å². The van der Waals surface area contributed by atoms with Crippen molar-refractivity contribution >= 4 is 6.08 Å². The van der Waals surface area contributed by atoms with Gasteiger partial charge >= 0.3 is 0 Å². The lowest BCUT2D eigenvalue weighted by Gasteiger charge is -2.07. The fourth-order valence-corrected chi connectivity index (χ4v) is 1.15. The van der Waals surface area contributed by atoms with E-state index in [9.17, 15) is 0 Å². The van der Waals surface area contributed by atoms with Gasteiger partial charge in [-0.05, 0) is 17.7 Å². The second-order valence-electron chi connectivity index (χ2n) is 2.70. The average Bonchev–Trinajstić information content (AvgIpc) is 2.25. The fourth-order valence-electron chi connectivity index (χ4n) is 1.15. The second kappa shape index (κ2) is 5.29. The summed E-state index contributed by atoms with van der Waals surface area (Å²) in [5, 5.41) is 8.61. The third-order valence-electron chi connectivity index (χ3n) is 1.82. The van der Waals surface area contributed by atoms with Gasteiger partial charge in [-0.2, -0.15) is 0 Å². The van der Waals surface area contributed by atoms with Gasteiger partial charge in [-0.25, -0.2) is 0 Å². The molecule has 1 N–H and O–H groups in total. The number of ether oxygens (including phenoxy) is 2. The van der Waals surface area contributed by atoms with Gasteiger partial charge < -0.3 is 14.6 Å². The molecule has 3 heteroatoms. The lowest BCUT2D eigenvalue weighted by Crippen LogP contribution is -1.90. The molecule has 1 aromatic rings. The van der Waals surface area contributed by atoms with Gasteiger partial charge in [0.2, 0.25) is 0 Å². The average molecular weight is 194 g/mol. The van der Waals surface area contributed by atoms with Crippen molar-refractivity contribution in [3.05, 3.63) is 29.8 Å². The van der Waals surface area contributed by atoms with Crippen LogP contribution in [-0.4, -0.2) is 25.9 Å². The highest BCUT2D eigenvalue weighted by Crippen LogP contribution is 2.27. The minimum atomic E-state index is 0.0361. The predicted octanol–water partition coefficient (Wildman–Crippen LogP) is 1.71. The predicted molar refractivity (Wildman–Crippen MR) is 55.7 cm³/mol. The van der Waals surface area contributed by atoms with Crippen molar-refractivity contribution in [1.29, 1.82) is 0 Å². The topological polar surface area (TPSA) is 38.7 Å². The van der Waals surface area contributed by atoms with Gasteiger partial charge in [0.15, 0.2) is 11.5 Å². The summed E-state index contributed by atoms with van der Waals surface area (Å²) < 4.78 is 10.2. The molecule has 76 valence electrons. The van der Waals surface area contributed by atoms with E-state index in [1.807, 2.05) is 24.3 Å². The number of methoxy groups -OCH3 is 2. The molecule has 0 heterocycles. The third kappa shape index (κ3) is 2.50. The van der Waals surface area contributed by atoms with Gasteiger partial charge in [-0.15, -0.1) is 0 Å². The minimum Gasteiger partial charge on any atom is -0.493 e. The summed E-state index contributed by atoms with van der Waals surface area (Å²) in [6.45, 7) is 0.0361. The van der Waals surface area contributed by atoms with Crippen LogP contribution in [-0.2, 0) is 0 Å². The standard InChI is InChI=1S/C11H14O3/c1-13-10-6-5-9(4-3-7-12)8-11(10)14-2/h3-6,8,12H,7H2,1-2H3/b4-3-. The van der Waals surface area contributed by atoms with E-state index in [1.165, 1.54) is 0 Å². The van der Waals surface area contributed by atoms with Gasteiger partial charge in [0.25, 0.3) is 0 Å². The molecule has 0 amide bonds. The molecule has 1 aromatic carbocycles. The highest BCUT2D eigenvalue weighted by molar-refractivity contribution is 5.55. The molecular formula is C11H14O3. The van der Waals surface area contributed by atoms with Gasteiger partial charge in [-0.1, -0.05) is 18.2 Å². The zero-order valence-electron chi connectivity index (χ0n) is 8.36. The van der Waals surface area contributed by atoms with Crippen molar-refractivity contribution in [1.82, 2.24) is 0 Å². The normalized spacial score (nSPS) is 10.5. The third-order valence-corrected chi connectivity index (χ3v) is 1.82. The molecule has 1 rings (SSSR count). The van der Waals surface area contributed by atoms with E-state index in [1.54, 1.807) is 20.3 Å². The van der Waals surface area contributed by atoms with Gasteiger partial charge in [0, 0.05) is 0 Å². The van der Waals surface area contributed by atoms with Crippen LogP contribution in [0.25, 0.3) is 6.08 Å². The Balaban J connectivity index is 2.95. The molecule has 0 radical (unpaired) electrons. The Labute approximate surface area is 83.6 Å². The molecule has 0 aliphatic carbocycles. The molecule has 3 nitrogen and oxygen atoms in total. The summed E-state index contributed by atoms with van der Waals surface area (Å²) in [7, 11) is 3.19. The van der Waals surface area contributed by atoms with Gasteiger partial charge in [0.1, 0.15) is 0 Å². The van der Waals surface area contributed by atoms with Crippen molar-refractivity contribution < 1.29 is 14.6 Å². The lowest BCUT2D eigenvalue weighted by atomic mass is 10.2. The fraction of sp³-hybridized carbons (Fsp3) is 0.273. The van der Waals surface area contributed by atoms with Gasteiger partial charge in [-0.3, -0.25) is 0 Å². The first-order chi connectivity index (χ1) is 6.81. The van der Waals surface area contributed by atoms with Crippen LogP contribution in [0.2, 0.25) is 0 Å². The Morgan fingerprint density at radius 3 is 2.50 bits per heavy atom. The highest BCUT2D eigenvalue weighted by Gasteiger charge is 2.01. The molecule has 0 bridgehead atoms. The maximum atomic E-state index is 8.61. The highest BCUT2D eigenvalue weighted by atomic mass is 16.5. The van der Waals surface area contributed by atoms with E-state index in [0.717, 1.165) is 5.56 Å². The summed E-state index contributed by atoms with van der Waals surface area (Å²) in [6, 6.07) is 5.58. The summed E-state index contributed by atoms with van der Waals surface area (Å²) >= 11 is 0. The van der Waals surface area contributed by atoms with Crippen molar-refractivity contribution in [2.75, 3.05) is 20.8 Å². The molecule has 0 saturated carbocycles. The first kappa shape index (κ1) is 10.6. The van der Waals surface area contributed by atoms with E-state index >= 15 is 0 Å². The summed E-state index contributed by atoms with van der Waals surface area (Å²) in [5.74, 6) is 1.39. The second-order valence-corrected chi connectivity index (χ2v) is 2.70. The van der Waals surface area contributed by atoms with Crippen molar-refractivity contribution in [2.24, 2.45) is 0 Å². The number of hydrogen-bond acceptors (Lipinski definition) is 3. The summed E-state index contributed by atoms with van der Waals surface area (Å²) in [4.78, 5) is 0. The van der Waals surface area contributed by atoms with E-state index in [0.29, 0.717) is 11.5 Å². The largest absolute Gasteiger partial charge is 0.493 e. The molecule has 0 saturated heterocycles. The summed E-state index contributed by atoms with van der Waals surface area (Å²) in [5.41, 5.74) is 0.969. The van der Waals surface area contributed by atoms with E-state index in [-0.39, 0.29) is 6.61 Å². The zero-order valence-corrected chi connectivity index (χ0v) is 8.36. The molecular weight excluding hydrogens is 180 g/mol. The monoisotopic (exact) mass is 194 g/mol. The molecule has 0 fully saturated rings. The van der Waals surface area contributed by atoms with Crippen LogP contribution in [0.1, 0.15) is 5.56 Å². The van der Waals surface area contributed by atoms with Crippen LogP contribution in [0.4, 0.5) is 0 Å². The Morgan fingerprint density at radius 1 is 1.21 bits per heavy atom. The van der Waals surface area contributed by atoms with Crippen LogP contribution in [0.5, 0.6) is 11.5 Å². The number of benzene rings is 1. The maximum absolute atomic E-state index is 8.61. The van der Waals surface area contributed by atoms with Crippen molar-refractivity contribution in [3.8, 4) is 11.5 Å². The van der Waals surface area contributed by atoms with Crippen LogP contribution < -0.4 is 9.47 Å². The summed E-state index contributed by atoms with van der Waals surface area (Å²) in [6.07, 6.45) is 3.49. The Kier molecular flexibility index (Phi) is 4.01. The lowest BCUT2D eigenvalue weighted by molar-refractivity contribution is 0.343. The van der Waals surface area contributed by atoms with E-state index < -0.39 is 0 Å². The van der Waals surface area contributed by atoms with Crippen LogP contribution in [0.15, 0.2) is 24.3 Å². The smallest absolute Gasteiger partial charge is 0.161 e. The molecule has 0 aromatic heterocycles. The van der Waals surface area contributed by atoms with Crippen LogP contribution in [0, 0.1) is 0 Å². The minimum absolute atomic E-state index is 0.0361. The van der Waals surface area contributed by atoms with Crippen molar-refractivity contribution in [2.45, 2.75) is 0 Å².